The second kappa shape index (κ2) is 4.27. The SMILES string of the molecule is C=C(OCC)c1ccc(C#N)nc1. The number of nitriles is 1. The van der Waals surface area contributed by atoms with Crippen LogP contribution in [0.3, 0.4) is 0 Å². The number of aromatic nitrogens is 1. The van der Waals surface area contributed by atoms with Crippen molar-refractivity contribution >= 4 is 5.76 Å². The van der Waals surface area contributed by atoms with E-state index >= 15 is 0 Å². The van der Waals surface area contributed by atoms with Crippen molar-refractivity contribution in [3.63, 3.8) is 0 Å². The lowest BCUT2D eigenvalue weighted by molar-refractivity contribution is 0.299. The van der Waals surface area contributed by atoms with Crippen LogP contribution in [0.5, 0.6) is 0 Å². The molecular formula is C10H10N2O. The van der Waals surface area contributed by atoms with Crippen molar-refractivity contribution < 1.29 is 4.74 Å². The summed E-state index contributed by atoms with van der Waals surface area (Å²) < 4.78 is 5.18. The predicted molar refractivity (Wildman–Crippen MR) is 49.6 cm³/mol. The third-order valence-electron chi connectivity index (χ3n) is 1.52. The molecule has 0 radical (unpaired) electrons. The Kier molecular flexibility index (Phi) is 3.04. The lowest BCUT2D eigenvalue weighted by Crippen LogP contribution is -1.91. The maximum absolute atomic E-state index is 8.50. The van der Waals surface area contributed by atoms with Gasteiger partial charge < -0.3 is 4.74 Å². The Bertz CT molecular complexity index is 335. The van der Waals surface area contributed by atoms with E-state index in [4.69, 9.17) is 10.00 Å². The van der Waals surface area contributed by atoms with Gasteiger partial charge in [-0.2, -0.15) is 5.26 Å². The van der Waals surface area contributed by atoms with Crippen molar-refractivity contribution in [2.24, 2.45) is 0 Å². The minimum absolute atomic E-state index is 0.396. The summed E-state index contributed by atoms with van der Waals surface area (Å²) in [7, 11) is 0. The van der Waals surface area contributed by atoms with E-state index < -0.39 is 0 Å². The molecule has 1 heterocycles. The highest BCUT2D eigenvalue weighted by Gasteiger charge is 1.99. The topological polar surface area (TPSA) is 45.9 Å². The number of hydrogen-bond donors (Lipinski definition) is 0. The predicted octanol–water partition coefficient (Wildman–Crippen LogP) is 1.96. The Hall–Kier alpha value is -1.82. The summed E-state index contributed by atoms with van der Waals surface area (Å²) in [6, 6.07) is 5.35. The van der Waals surface area contributed by atoms with Crippen molar-refractivity contribution in [1.29, 1.82) is 5.26 Å². The van der Waals surface area contributed by atoms with Crippen LogP contribution in [0.2, 0.25) is 0 Å². The molecule has 0 saturated carbocycles. The first-order chi connectivity index (χ1) is 6.27. The molecule has 1 aromatic heterocycles. The average molecular weight is 174 g/mol. The summed E-state index contributed by atoms with van der Waals surface area (Å²) in [5.41, 5.74) is 1.20. The zero-order valence-corrected chi connectivity index (χ0v) is 7.45. The minimum Gasteiger partial charge on any atom is -0.494 e. The number of rotatable bonds is 3. The molecule has 3 heteroatoms. The zero-order chi connectivity index (χ0) is 9.68. The van der Waals surface area contributed by atoms with Crippen LogP contribution in [-0.4, -0.2) is 11.6 Å². The summed E-state index contributed by atoms with van der Waals surface area (Å²) in [4.78, 5) is 3.90. The van der Waals surface area contributed by atoms with E-state index in [2.05, 4.69) is 11.6 Å². The van der Waals surface area contributed by atoms with E-state index in [9.17, 15) is 0 Å². The van der Waals surface area contributed by atoms with Gasteiger partial charge in [0.25, 0.3) is 0 Å². The average Bonchev–Trinajstić information content (AvgIpc) is 2.18. The molecule has 0 spiro atoms. The molecule has 0 unspecified atom stereocenters. The Morgan fingerprint density at radius 2 is 2.46 bits per heavy atom. The molecule has 66 valence electrons. The third-order valence-corrected chi connectivity index (χ3v) is 1.52. The summed E-state index contributed by atoms with van der Waals surface area (Å²) in [5.74, 6) is 0.583. The van der Waals surface area contributed by atoms with Gasteiger partial charge in [0.2, 0.25) is 0 Å². The number of hydrogen-bond acceptors (Lipinski definition) is 3. The Morgan fingerprint density at radius 3 is 2.92 bits per heavy atom. The molecule has 0 aliphatic heterocycles. The van der Waals surface area contributed by atoms with Gasteiger partial charge in [0.05, 0.1) is 6.61 Å². The van der Waals surface area contributed by atoms with Crippen molar-refractivity contribution in [3.05, 3.63) is 36.2 Å². The van der Waals surface area contributed by atoms with Gasteiger partial charge in [-0.1, -0.05) is 6.58 Å². The van der Waals surface area contributed by atoms with Crippen LogP contribution in [0.15, 0.2) is 24.9 Å². The standard InChI is InChI=1S/C10H10N2O/c1-3-13-8(2)9-4-5-10(6-11)12-7-9/h4-5,7H,2-3H2,1H3. The van der Waals surface area contributed by atoms with Gasteiger partial charge in [-0.25, -0.2) is 4.98 Å². The van der Waals surface area contributed by atoms with Crippen LogP contribution >= 0.6 is 0 Å². The molecule has 3 nitrogen and oxygen atoms in total. The molecule has 13 heavy (non-hydrogen) atoms. The molecule has 0 fully saturated rings. The van der Waals surface area contributed by atoms with Crippen molar-refractivity contribution in [2.75, 3.05) is 6.61 Å². The number of ether oxygens (including phenoxy) is 1. The van der Waals surface area contributed by atoms with Crippen LogP contribution < -0.4 is 0 Å². The van der Waals surface area contributed by atoms with Gasteiger partial charge in [0.1, 0.15) is 17.5 Å². The second-order valence-corrected chi connectivity index (χ2v) is 2.40. The van der Waals surface area contributed by atoms with E-state index in [1.165, 1.54) is 0 Å². The van der Waals surface area contributed by atoms with Crippen LogP contribution in [0, 0.1) is 11.3 Å². The van der Waals surface area contributed by atoms with Crippen LogP contribution in [-0.2, 0) is 4.74 Å². The maximum Gasteiger partial charge on any atom is 0.140 e. The van der Waals surface area contributed by atoms with Crippen LogP contribution in [0.4, 0.5) is 0 Å². The van der Waals surface area contributed by atoms with E-state index in [0.29, 0.717) is 18.1 Å². The molecule has 0 atom stereocenters. The fourth-order valence-electron chi connectivity index (χ4n) is 0.883. The van der Waals surface area contributed by atoms with Gasteiger partial charge in [-0.3, -0.25) is 0 Å². The maximum atomic E-state index is 8.50. The fourth-order valence-corrected chi connectivity index (χ4v) is 0.883. The molecule has 0 aliphatic rings. The highest BCUT2D eigenvalue weighted by Crippen LogP contribution is 2.11. The minimum atomic E-state index is 0.396. The van der Waals surface area contributed by atoms with Crippen molar-refractivity contribution in [3.8, 4) is 6.07 Å². The van der Waals surface area contributed by atoms with E-state index in [0.717, 1.165) is 5.56 Å². The zero-order valence-electron chi connectivity index (χ0n) is 7.45. The van der Waals surface area contributed by atoms with E-state index in [1.54, 1.807) is 18.3 Å². The molecule has 0 N–H and O–H groups in total. The van der Waals surface area contributed by atoms with Gasteiger partial charge in [-0.05, 0) is 19.1 Å². The molecule has 0 saturated heterocycles. The van der Waals surface area contributed by atoms with Crippen molar-refractivity contribution in [1.82, 2.24) is 4.98 Å². The van der Waals surface area contributed by atoms with Gasteiger partial charge in [0, 0.05) is 11.8 Å². The van der Waals surface area contributed by atoms with Gasteiger partial charge >= 0.3 is 0 Å². The number of pyridine rings is 1. The van der Waals surface area contributed by atoms with E-state index in [1.807, 2.05) is 13.0 Å². The lowest BCUT2D eigenvalue weighted by Gasteiger charge is -2.05. The van der Waals surface area contributed by atoms with Gasteiger partial charge in [-0.15, -0.1) is 0 Å². The molecule has 1 aromatic rings. The normalized spacial score (nSPS) is 8.92. The Balaban J connectivity index is 2.81. The fraction of sp³-hybridized carbons (Fsp3) is 0.200. The highest BCUT2D eigenvalue weighted by molar-refractivity contribution is 5.56. The molecule has 1 rings (SSSR count). The molecule has 0 bridgehead atoms. The first kappa shape index (κ1) is 9.27. The third kappa shape index (κ3) is 2.31. The first-order valence-corrected chi connectivity index (χ1v) is 3.96. The smallest absolute Gasteiger partial charge is 0.140 e. The van der Waals surface area contributed by atoms with Crippen LogP contribution in [0.25, 0.3) is 5.76 Å². The van der Waals surface area contributed by atoms with Crippen molar-refractivity contribution in [2.45, 2.75) is 6.92 Å². The lowest BCUT2D eigenvalue weighted by atomic mass is 10.2. The monoisotopic (exact) mass is 174 g/mol. The number of nitrogens with zero attached hydrogens (tertiary/aromatic N) is 2. The molecule has 0 aliphatic carbocycles. The molecular weight excluding hydrogens is 164 g/mol. The van der Waals surface area contributed by atoms with Gasteiger partial charge in [0.15, 0.2) is 0 Å². The quantitative estimate of drug-likeness (QED) is 0.658. The highest BCUT2D eigenvalue weighted by atomic mass is 16.5. The molecule has 0 amide bonds. The molecule has 0 aromatic carbocycles. The Labute approximate surface area is 77.3 Å². The second-order valence-electron chi connectivity index (χ2n) is 2.40. The summed E-state index contributed by atoms with van der Waals surface area (Å²) in [5, 5.41) is 8.50. The van der Waals surface area contributed by atoms with E-state index in [-0.39, 0.29) is 0 Å². The summed E-state index contributed by atoms with van der Waals surface area (Å²) in [6.45, 7) is 6.20. The largest absolute Gasteiger partial charge is 0.494 e. The summed E-state index contributed by atoms with van der Waals surface area (Å²) >= 11 is 0. The first-order valence-electron chi connectivity index (χ1n) is 3.96. The van der Waals surface area contributed by atoms with Crippen LogP contribution in [0.1, 0.15) is 18.2 Å². The summed E-state index contributed by atoms with van der Waals surface area (Å²) in [6.07, 6.45) is 1.58. The Morgan fingerprint density at radius 1 is 1.69 bits per heavy atom.